The summed E-state index contributed by atoms with van der Waals surface area (Å²) in [5.41, 5.74) is 7.58. The van der Waals surface area contributed by atoms with Gasteiger partial charge in [-0.15, -0.1) is 0 Å². The maximum absolute atomic E-state index is 7.35. The Bertz CT molecular complexity index is 1880. The lowest BCUT2D eigenvalue weighted by molar-refractivity contribution is 0.669. The molecule has 4 heteroatoms. The van der Waals surface area contributed by atoms with Gasteiger partial charge in [-0.25, -0.2) is 9.83 Å². The highest BCUT2D eigenvalue weighted by Crippen LogP contribution is 2.36. The first-order valence-corrected chi connectivity index (χ1v) is 11.1. The number of para-hydroxylation sites is 1. The number of hydrogen-bond donors (Lipinski definition) is 0. The fourth-order valence-corrected chi connectivity index (χ4v) is 4.90. The van der Waals surface area contributed by atoms with E-state index in [0.29, 0.717) is 5.69 Å². The number of nitrogens with zero attached hydrogens (tertiary/aromatic N) is 3. The lowest BCUT2D eigenvalue weighted by Crippen LogP contribution is -1.95. The Morgan fingerprint density at radius 3 is 2.38 bits per heavy atom. The van der Waals surface area contributed by atoms with E-state index in [2.05, 4.69) is 76.1 Å². The van der Waals surface area contributed by atoms with Crippen molar-refractivity contribution in [2.45, 2.75) is 0 Å². The van der Waals surface area contributed by atoms with Gasteiger partial charge in [-0.05, 0) is 65.7 Å². The van der Waals surface area contributed by atoms with Crippen LogP contribution >= 0.6 is 0 Å². The average molecular weight is 435 g/mol. The van der Waals surface area contributed by atoms with Crippen LogP contribution in [0.5, 0.6) is 0 Å². The van der Waals surface area contributed by atoms with Crippen LogP contribution in [0.15, 0.2) is 108 Å². The number of furan rings is 1. The predicted octanol–water partition coefficient (Wildman–Crippen LogP) is 8.30. The Labute approximate surface area is 195 Å². The molecule has 0 aliphatic heterocycles. The zero-order valence-electron chi connectivity index (χ0n) is 18.1. The smallest absolute Gasteiger partial charge is 0.188 e. The molecule has 3 heterocycles. The molecule has 0 spiro atoms. The molecule has 3 aromatic heterocycles. The lowest BCUT2D eigenvalue weighted by Gasteiger charge is -2.10. The van der Waals surface area contributed by atoms with E-state index in [0.717, 1.165) is 55.3 Å². The van der Waals surface area contributed by atoms with Crippen LogP contribution in [0.25, 0.3) is 65.5 Å². The van der Waals surface area contributed by atoms with Crippen LogP contribution in [0.2, 0.25) is 0 Å². The molecule has 7 rings (SSSR count). The van der Waals surface area contributed by atoms with Crippen molar-refractivity contribution in [2.24, 2.45) is 0 Å². The summed E-state index contributed by atoms with van der Waals surface area (Å²) in [6, 6.07) is 32.9. The number of aromatic nitrogens is 2. The maximum Gasteiger partial charge on any atom is 0.188 e. The molecule has 0 atom stereocenters. The summed E-state index contributed by atoms with van der Waals surface area (Å²) < 4.78 is 8.23. The standard InChI is InChI=1S/C30H17N3O/c1-31-21-12-14-29-26(18-21)25-17-20(11-13-28(25)34-29)19-6-4-7-22(16-19)33-27-10-3-2-8-23(27)24-9-5-15-32-30(24)33/h2-18H. The van der Waals surface area contributed by atoms with Crippen molar-refractivity contribution < 1.29 is 4.42 Å². The molecule has 0 amide bonds. The minimum absolute atomic E-state index is 0.612. The van der Waals surface area contributed by atoms with Gasteiger partial charge in [0.25, 0.3) is 0 Å². The fraction of sp³-hybridized carbons (Fsp3) is 0. The molecule has 0 unspecified atom stereocenters. The van der Waals surface area contributed by atoms with E-state index in [9.17, 15) is 0 Å². The van der Waals surface area contributed by atoms with Gasteiger partial charge in [-0.1, -0.05) is 42.5 Å². The first-order chi connectivity index (χ1) is 16.8. The van der Waals surface area contributed by atoms with Gasteiger partial charge >= 0.3 is 0 Å². The molecule has 0 saturated heterocycles. The Balaban J connectivity index is 1.44. The minimum atomic E-state index is 0.612. The Kier molecular flexibility index (Phi) is 3.88. The van der Waals surface area contributed by atoms with Gasteiger partial charge < -0.3 is 4.42 Å². The van der Waals surface area contributed by atoms with Crippen molar-refractivity contribution >= 4 is 49.6 Å². The van der Waals surface area contributed by atoms with E-state index < -0.39 is 0 Å². The molecule has 4 nitrogen and oxygen atoms in total. The van der Waals surface area contributed by atoms with Gasteiger partial charge in [-0.3, -0.25) is 4.57 Å². The Morgan fingerprint density at radius 1 is 0.676 bits per heavy atom. The minimum Gasteiger partial charge on any atom is -0.456 e. The van der Waals surface area contributed by atoms with Crippen molar-refractivity contribution in [3.63, 3.8) is 0 Å². The first-order valence-electron chi connectivity index (χ1n) is 11.1. The summed E-state index contributed by atoms with van der Waals surface area (Å²) in [5, 5.41) is 4.32. The van der Waals surface area contributed by atoms with E-state index in [1.54, 1.807) is 6.07 Å². The normalized spacial score (nSPS) is 11.5. The number of fused-ring (bicyclic) bond motifs is 6. The summed E-state index contributed by atoms with van der Waals surface area (Å²) in [4.78, 5) is 8.29. The van der Waals surface area contributed by atoms with Gasteiger partial charge in [0.1, 0.15) is 16.8 Å². The molecule has 0 aliphatic rings. The van der Waals surface area contributed by atoms with Gasteiger partial charge in [0.2, 0.25) is 0 Å². The van der Waals surface area contributed by atoms with Gasteiger partial charge in [0.05, 0.1) is 12.1 Å². The number of pyridine rings is 1. The summed E-state index contributed by atoms with van der Waals surface area (Å²) >= 11 is 0. The quantitative estimate of drug-likeness (QED) is 0.256. The monoisotopic (exact) mass is 435 g/mol. The van der Waals surface area contributed by atoms with Crippen LogP contribution in [0.3, 0.4) is 0 Å². The largest absolute Gasteiger partial charge is 0.456 e. The SMILES string of the molecule is [C-]#[N+]c1ccc2oc3ccc(-c4cccc(-n5c6ccccc6c6cccnc65)c4)cc3c2c1. The molecule has 0 saturated carbocycles. The summed E-state index contributed by atoms with van der Waals surface area (Å²) in [7, 11) is 0. The van der Waals surface area contributed by atoms with Gasteiger partial charge in [-0.2, -0.15) is 0 Å². The molecule has 4 aromatic carbocycles. The third-order valence-electron chi connectivity index (χ3n) is 6.45. The zero-order valence-corrected chi connectivity index (χ0v) is 18.1. The van der Waals surface area contributed by atoms with Crippen LogP contribution in [0.4, 0.5) is 5.69 Å². The van der Waals surface area contributed by atoms with E-state index in [-0.39, 0.29) is 0 Å². The van der Waals surface area contributed by atoms with Crippen molar-refractivity contribution in [3.05, 3.63) is 115 Å². The molecule has 0 radical (unpaired) electrons. The second-order valence-corrected chi connectivity index (χ2v) is 8.38. The number of rotatable bonds is 2. The first kappa shape index (κ1) is 18.7. The molecular weight excluding hydrogens is 418 g/mol. The van der Waals surface area contributed by atoms with E-state index >= 15 is 0 Å². The van der Waals surface area contributed by atoms with Crippen LogP contribution in [0.1, 0.15) is 0 Å². The summed E-state index contributed by atoms with van der Waals surface area (Å²) in [6.07, 6.45) is 1.84. The van der Waals surface area contributed by atoms with Crippen LogP contribution in [-0.4, -0.2) is 9.55 Å². The average Bonchev–Trinajstić information content (AvgIpc) is 3.43. The molecule has 7 aromatic rings. The van der Waals surface area contributed by atoms with Crippen molar-refractivity contribution in [2.75, 3.05) is 0 Å². The second kappa shape index (κ2) is 7.06. The molecule has 34 heavy (non-hydrogen) atoms. The summed E-state index contributed by atoms with van der Waals surface area (Å²) in [5.74, 6) is 0. The van der Waals surface area contributed by atoms with E-state index in [1.165, 1.54) is 5.39 Å². The maximum atomic E-state index is 7.35. The zero-order chi connectivity index (χ0) is 22.6. The molecule has 0 fully saturated rings. The molecule has 0 aliphatic carbocycles. The Morgan fingerprint density at radius 2 is 1.47 bits per heavy atom. The number of hydrogen-bond acceptors (Lipinski definition) is 2. The second-order valence-electron chi connectivity index (χ2n) is 8.38. The lowest BCUT2D eigenvalue weighted by atomic mass is 10.0. The Hall–Kier alpha value is -4.88. The van der Waals surface area contributed by atoms with Crippen LogP contribution in [0, 0.1) is 6.57 Å². The molecule has 0 N–H and O–H groups in total. The molecule has 0 bridgehead atoms. The highest BCUT2D eigenvalue weighted by Gasteiger charge is 2.14. The van der Waals surface area contributed by atoms with Crippen molar-refractivity contribution in [1.29, 1.82) is 0 Å². The highest BCUT2D eigenvalue weighted by molar-refractivity contribution is 6.08. The van der Waals surface area contributed by atoms with E-state index in [1.807, 2.05) is 30.5 Å². The van der Waals surface area contributed by atoms with Crippen LogP contribution < -0.4 is 0 Å². The molecule has 158 valence electrons. The fourth-order valence-electron chi connectivity index (χ4n) is 4.90. The van der Waals surface area contributed by atoms with Gasteiger partial charge in [0, 0.05) is 33.4 Å². The summed E-state index contributed by atoms with van der Waals surface area (Å²) in [6.45, 7) is 7.35. The highest BCUT2D eigenvalue weighted by atomic mass is 16.3. The van der Waals surface area contributed by atoms with Crippen molar-refractivity contribution in [3.8, 4) is 16.8 Å². The number of benzene rings is 4. The topological polar surface area (TPSA) is 35.3 Å². The van der Waals surface area contributed by atoms with Crippen molar-refractivity contribution in [1.82, 2.24) is 9.55 Å². The molecular formula is C30H17N3O. The van der Waals surface area contributed by atoms with Crippen LogP contribution in [-0.2, 0) is 0 Å². The third kappa shape index (κ3) is 2.68. The van der Waals surface area contributed by atoms with Gasteiger partial charge in [0.15, 0.2) is 5.69 Å². The van der Waals surface area contributed by atoms with E-state index in [4.69, 9.17) is 16.0 Å². The predicted molar refractivity (Wildman–Crippen MR) is 138 cm³/mol. The third-order valence-corrected chi connectivity index (χ3v) is 6.45.